The standard InChI is InChI=1S/C12H14BF3O3/c1-2-3-17-9-6-18-13(19-7-9)8-4-10(14)12(16)11(15)5-8/h4-5,9H,2-3,6-7H2,1H3. The highest BCUT2D eigenvalue weighted by molar-refractivity contribution is 6.61. The van der Waals surface area contributed by atoms with Gasteiger partial charge >= 0.3 is 7.12 Å². The van der Waals surface area contributed by atoms with Crippen molar-refractivity contribution < 1.29 is 27.2 Å². The van der Waals surface area contributed by atoms with Crippen LogP contribution in [0.3, 0.4) is 0 Å². The van der Waals surface area contributed by atoms with Gasteiger partial charge in [0.15, 0.2) is 17.5 Å². The molecule has 0 radical (unpaired) electrons. The summed E-state index contributed by atoms with van der Waals surface area (Å²) in [6.07, 6.45) is 0.695. The third-order valence-electron chi connectivity index (χ3n) is 2.70. The molecule has 0 saturated carbocycles. The van der Waals surface area contributed by atoms with Crippen molar-refractivity contribution in [3.63, 3.8) is 0 Å². The minimum absolute atomic E-state index is 0.116. The summed E-state index contributed by atoms with van der Waals surface area (Å²) in [4.78, 5) is 0. The average molecular weight is 274 g/mol. The summed E-state index contributed by atoms with van der Waals surface area (Å²) in [5.74, 6) is -4.01. The van der Waals surface area contributed by atoms with Gasteiger partial charge in [0.2, 0.25) is 0 Å². The molecular weight excluding hydrogens is 260 g/mol. The highest BCUT2D eigenvalue weighted by atomic mass is 19.2. The molecule has 1 fully saturated rings. The van der Waals surface area contributed by atoms with E-state index in [4.69, 9.17) is 14.0 Å². The molecule has 0 aliphatic carbocycles. The molecule has 7 heteroatoms. The third-order valence-corrected chi connectivity index (χ3v) is 2.70. The third kappa shape index (κ3) is 3.49. The fourth-order valence-electron chi connectivity index (χ4n) is 1.77. The molecule has 1 saturated heterocycles. The molecule has 0 amide bonds. The molecule has 1 heterocycles. The van der Waals surface area contributed by atoms with Gasteiger partial charge in [0.05, 0.1) is 13.2 Å². The van der Waals surface area contributed by atoms with Crippen LogP contribution in [0.25, 0.3) is 0 Å². The monoisotopic (exact) mass is 274 g/mol. The maximum absolute atomic E-state index is 13.1. The maximum Gasteiger partial charge on any atom is 0.494 e. The molecule has 19 heavy (non-hydrogen) atoms. The van der Waals surface area contributed by atoms with E-state index in [-0.39, 0.29) is 24.8 Å². The Morgan fingerprint density at radius 2 is 1.79 bits per heavy atom. The van der Waals surface area contributed by atoms with Crippen molar-refractivity contribution >= 4 is 12.6 Å². The smallest absolute Gasteiger partial charge is 0.404 e. The van der Waals surface area contributed by atoms with Gasteiger partial charge in [-0.15, -0.1) is 0 Å². The van der Waals surface area contributed by atoms with Gasteiger partial charge in [-0.25, -0.2) is 13.2 Å². The van der Waals surface area contributed by atoms with Gasteiger partial charge in [-0.1, -0.05) is 6.92 Å². The number of ether oxygens (including phenoxy) is 1. The average Bonchev–Trinajstić information content (AvgIpc) is 2.42. The highest BCUT2D eigenvalue weighted by Gasteiger charge is 2.31. The topological polar surface area (TPSA) is 27.7 Å². The van der Waals surface area contributed by atoms with Crippen LogP contribution in [0.4, 0.5) is 13.2 Å². The van der Waals surface area contributed by atoms with Gasteiger partial charge in [-0.2, -0.15) is 0 Å². The van der Waals surface area contributed by atoms with Crippen LogP contribution in [0.1, 0.15) is 13.3 Å². The first-order chi connectivity index (χ1) is 9.11. The van der Waals surface area contributed by atoms with E-state index >= 15 is 0 Å². The van der Waals surface area contributed by atoms with E-state index in [0.717, 1.165) is 18.6 Å². The van der Waals surface area contributed by atoms with Crippen LogP contribution in [-0.2, 0) is 14.0 Å². The van der Waals surface area contributed by atoms with E-state index in [2.05, 4.69) is 0 Å². The summed E-state index contributed by atoms with van der Waals surface area (Å²) in [5.41, 5.74) is 0.116. The molecule has 0 atom stereocenters. The molecule has 0 bridgehead atoms. The summed E-state index contributed by atoms with van der Waals surface area (Å²) in [7, 11) is -0.897. The van der Waals surface area contributed by atoms with Gasteiger partial charge in [0, 0.05) is 6.61 Å². The Bertz CT molecular complexity index is 413. The lowest BCUT2D eigenvalue weighted by molar-refractivity contribution is -0.0419. The van der Waals surface area contributed by atoms with Crippen LogP contribution in [0.15, 0.2) is 12.1 Å². The van der Waals surface area contributed by atoms with Gasteiger partial charge < -0.3 is 14.0 Å². The quantitative estimate of drug-likeness (QED) is 0.617. The van der Waals surface area contributed by atoms with E-state index in [0.29, 0.717) is 6.61 Å². The zero-order chi connectivity index (χ0) is 13.8. The predicted molar refractivity (Wildman–Crippen MR) is 63.6 cm³/mol. The van der Waals surface area contributed by atoms with Crippen molar-refractivity contribution in [3.8, 4) is 0 Å². The van der Waals surface area contributed by atoms with Crippen molar-refractivity contribution in [2.75, 3.05) is 19.8 Å². The first kappa shape index (κ1) is 14.4. The lowest BCUT2D eigenvalue weighted by Gasteiger charge is -2.27. The second kappa shape index (κ2) is 6.41. The van der Waals surface area contributed by atoms with E-state index < -0.39 is 24.6 Å². The fraction of sp³-hybridized carbons (Fsp3) is 0.500. The van der Waals surface area contributed by atoms with E-state index in [1.165, 1.54) is 0 Å². The van der Waals surface area contributed by atoms with Gasteiger partial charge in [-0.05, 0) is 24.0 Å². The first-order valence-electron chi connectivity index (χ1n) is 6.11. The Hall–Kier alpha value is -1.05. The van der Waals surface area contributed by atoms with Crippen molar-refractivity contribution in [1.29, 1.82) is 0 Å². The molecule has 3 nitrogen and oxygen atoms in total. The minimum atomic E-state index is -1.50. The Morgan fingerprint density at radius 3 is 2.32 bits per heavy atom. The Labute approximate surface area is 109 Å². The highest BCUT2D eigenvalue weighted by Crippen LogP contribution is 2.11. The normalized spacial score (nSPS) is 16.9. The molecule has 2 rings (SSSR count). The van der Waals surface area contributed by atoms with Crippen LogP contribution < -0.4 is 5.46 Å². The molecule has 0 spiro atoms. The van der Waals surface area contributed by atoms with Gasteiger partial charge in [-0.3, -0.25) is 0 Å². The predicted octanol–water partition coefficient (Wildman–Crippen LogP) is 1.64. The number of hydrogen-bond donors (Lipinski definition) is 0. The molecular formula is C12H14BF3O3. The molecule has 0 aromatic heterocycles. The zero-order valence-electron chi connectivity index (χ0n) is 10.5. The Balaban J connectivity index is 1.98. The van der Waals surface area contributed by atoms with Crippen LogP contribution >= 0.6 is 0 Å². The van der Waals surface area contributed by atoms with Crippen molar-refractivity contribution in [2.45, 2.75) is 19.4 Å². The van der Waals surface area contributed by atoms with E-state index in [9.17, 15) is 13.2 Å². The number of hydrogen-bond acceptors (Lipinski definition) is 3. The molecule has 0 N–H and O–H groups in total. The van der Waals surface area contributed by atoms with E-state index in [1.54, 1.807) is 0 Å². The Morgan fingerprint density at radius 1 is 1.21 bits per heavy atom. The molecule has 1 aliphatic rings. The number of halogens is 3. The molecule has 1 aliphatic heterocycles. The second-order valence-corrected chi connectivity index (χ2v) is 4.29. The molecule has 1 aromatic carbocycles. The van der Waals surface area contributed by atoms with Gasteiger partial charge in [0.1, 0.15) is 6.10 Å². The first-order valence-corrected chi connectivity index (χ1v) is 6.11. The van der Waals surface area contributed by atoms with E-state index in [1.807, 2.05) is 6.92 Å². The lowest BCUT2D eigenvalue weighted by atomic mass is 9.78. The summed E-state index contributed by atoms with van der Waals surface area (Å²) in [5, 5.41) is 0. The SMILES string of the molecule is CCCOC1COB(c2cc(F)c(F)c(F)c2)OC1. The fourth-order valence-corrected chi connectivity index (χ4v) is 1.77. The van der Waals surface area contributed by atoms with Gasteiger partial charge in [0.25, 0.3) is 0 Å². The molecule has 0 unspecified atom stereocenters. The molecule has 1 aromatic rings. The maximum atomic E-state index is 13.1. The molecule has 104 valence electrons. The Kier molecular flexibility index (Phi) is 4.84. The zero-order valence-corrected chi connectivity index (χ0v) is 10.5. The van der Waals surface area contributed by atoms with Crippen LogP contribution in [0.5, 0.6) is 0 Å². The van der Waals surface area contributed by atoms with Crippen molar-refractivity contribution in [3.05, 3.63) is 29.6 Å². The van der Waals surface area contributed by atoms with Crippen LogP contribution in [0, 0.1) is 17.5 Å². The number of rotatable bonds is 4. The number of benzene rings is 1. The second-order valence-electron chi connectivity index (χ2n) is 4.29. The summed E-state index contributed by atoms with van der Waals surface area (Å²) in [6, 6.07) is 1.74. The van der Waals surface area contributed by atoms with Crippen molar-refractivity contribution in [1.82, 2.24) is 0 Å². The largest absolute Gasteiger partial charge is 0.494 e. The summed E-state index contributed by atoms with van der Waals surface area (Å²) in [6.45, 7) is 3.12. The van der Waals surface area contributed by atoms with Crippen LogP contribution in [0.2, 0.25) is 0 Å². The summed E-state index contributed by atoms with van der Waals surface area (Å²) < 4.78 is 55.1. The van der Waals surface area contributed by atoms with Crippen LogP contribution in [-0.4, -0.2) is 33.0 Å². The minimum Gasteiger partial charge on any atom is -0.404 e. The lowest BCUT2D eigenvalue weighted by Crippen LogP contribution is -2.47. The summed E-state index contributed by atoms with van der Waals surface area (Å²) >= 11 is 0. The van der Waals surface area contributed by atoms with Crippen molar-refractivity contribution in [2.24, 2.45) is 0 Å².